The molecule has 0 aliphatic carbocycles. The third kappa shape index (κ3) is 2.97. The first kappa shape index (κ1) is 11.9. The van der Waals surface area contributed by atoms with Gasteiger partial charge in [0.2, 0.25) is 5.91 Å². The van der Waals surface area contributed by atoms with Crippen LogP contribution in [-0.2, 0) is 4.79 Å². The second-order valence-electron chi connectivity index (χ2n) is 4.49. The van der Waals surface area contributed by atoms with Crippen molar-refractivity contribution in [3.05, 3.63) is 29.8 Å². The fourth-order valence-corrected chi connectivity index (χ4v) is 2.17. The van der Waals surface area contributed by atoms with E-state index in [1.54, 1.807) is 6.07 Å². The SMILES string of the molecule is CC(NC1CCC(=O)NC1)c1ccccc1O. The molecular formula is C13H18N2O2. The van der Waals surface area contributed by atoms with Crippen molar-refractivity contribution in [1.82, 2.24) is 10.6 Å². The zero-order valence-corrected chi connectivity index (χ0v) is 9.94. The van der Waals surface area contributed by atoms with Gasteiger partial charge in [0.05, 0.1) is 0 Å². The van der Waals surface area contributed by atoms with E-state index in [9.17, 15) is 9.90 Å². The summed E-state index contributed by atoms with van der Waals surface area (Å²) in [5.74, 6) is 0.436. The Morgan fingerprint density at radius 3 is 2.88 bits per heavy atom. The van der Waals surface area contributed by atoms with E-state index in [2.05, 4.69) is 10.6 Å². The molecule has 0 radical (unpaired) electrons. The van der Waals surface area contributed by atoms with Crippen molar-refractivity contribution < 1.29 is 9.90 Å². The van der Waals surface area contributed by atoms with E-state index >= 15 is 0 Å². The van der Waals surface area contributed by atoms with Crippen LogP contribution in [0.15, 0.2) is 24.3 Å². The van der Waals surface area contributed by atoms with Crippen LogP contribution in [0.25, 0.3) is 0 Å². The molecule has 92 valence electrons. The number of benzene rings is 1. The van der Waals surface area contributed by atoms with Gasteiger partial charge in [0, 0.05) is 30.6 Å². The summed E-state index contributed by atoms with van der Waals surface area (Å²) in [6, 6.07) is 7.69. The Balaban J connectivity index is 1.95. The lowest BCUT2D eigenvalue weighted by molar-refractivity contribution is -0.122. The summed E-state index contributed by atoms with van der Waals surface area (Å²) in [6.07, 6.45) is 1.43. The van der Waals surface area contributed by atoms with Crippen molar-refractivity contribution in [3.63, 3.8) is 0 Å². The zero-order chi connectivity index (χ0) is 12.3. The first-order chi connectivity index (χ1) is 8.16. The van der Waals surface area contributed by atoms with Crippen LogP contribution in [0.3, 0.4) is 0 Å². The molecule has 0 bridgehead atoms. The molecule has 0 aromatic heterocycles. The Kier molecular flexibility index (Phi) is 3.64. The van der Waals surface area contributed by atoms with Crippen LogP contribution in [0.2, 0.25) is 0 Å². The molecular weight excluding hydrogens is 216 g/mol. The Morgan fingerprint density at radius 1 is 1.47 bits per heavy atom. The number of piperidine rings is 1. The van der Waals surface area contributed by atoms with Crippen molar-refractivity contribution >= 4 is 5.91 Å². The fourth-order valence-electron chi connectivity index (χ4n) is 2.17. The smallest absolute Gasteiger partial charge is 0.220 e. The van der Waals surface area contributed by atoms with Crippen molar-refractivity contribution in [2.24, 2.45) is 0 Å². The Hall–Kier alpha value is -1.55. The molecule has 1 aromatic carbocycles. The molecule has 0 saturated carbocycles. The highest BCUT2D eigenvalue weighted by Crippen LogP contribution is 2.24. The maximum absolute atomic E-state index is 11.0. The summed E-state index contributed by atoms with van der Waals surface area (Å²) in [5, 5.41) is 16.0. The zero-order valence-electron chi connectivity index (χ0n) is 9.94. The van der Waals surface area contributed by atoms with E-state index in [-0.39, 0.29) is 18.0 Å². The molecule has 1 aromatic rings. The molecule has 1 aliphatic rings. The van der Waals surface area contributed by atoms with Crippen LogP contribution in [0.1, 0.15) is 31.4 Å². The summed E-state index contributed by atoms with van der Waals surface area (Å²) in [6.45, 7) is 2.68. The van der Waals surface area contributed by atoms with Gasteiger partial charge in [-0.15, -0.1) is 0 Å². The summed E-state index contributed by atoms with van der Waals surface area (Å²) in [5.41, 5.74) is 0.893. The number of nitrogens with one attached hydrogen (secondary N) is 2. The van der Waals surface area contributed by atoms with Gasteiger partial charge < -0.3 is 15.7 Å². The maximum atomic E-state index is 11.0. The van der Waals surface area contributed by atoms with Crippen LogP contribution in [-0.4, -0.2) is 23.6 Å². The minimum Gasteiger partial charge on any atom is -0.508 e. The number of phenols is 1. The number of phenolic OH excluding ortho intramolecular Hbond substituents is 1. The number of aromatic hydroxyl groups is 1. The molecule has 0 spiro atoms. The lowest BCUT2D eigenvalue weighted by Gasteiger charge is -2.27. The van der Waals surface area contributed by atoms with Crippen LogP contribution < -0.4 is 10.6 Å². The van der Waals surface area contributed by atoms with E-state index in [1.807, 2.05) is 25.1 Å². The van der Waals surface area contributed by atoms with Crippen LogP contribution in [0, 0.1) is 0 Å². The van der Waals surface area contributed by atoms with Gasteiger partial charge in [-0.2, -0.15) is 0 Å². The first-order valence-electron chi connectivity index (χ1n) is 5.97. The largest absolute Gasteiger partial charge is 0.508 e. The molecule has 4 heteroatoms. The molecule has 2 rings (SSSR count). The number of hydrogen-bond donors (Lipinski definition) is 3. The van der Waals surface area contributed by atoms with Crippen molar-refractivity contribution in [3.8, 4) is 5.75 Å². The van der Waals surface area contributed by atoms with E-state index < -0.39 is 0 Å². The molecule has 2 unspecified atom stereocenters. The van der Waals surface area contributed by atoms with Gasteiger partial charge >= 0.3 is 0 Å². The Morgan fingerprint density at radius 2 is 2.24 bits per heavy atom. The normalized spacial score (nSPS) is 21.9. The van der Waals surface area contributed by atoms with Gasteiger partial charge in [0.15, 0.2) is 0 Å². The van der Waals surface area contributed by atoms with Gasteiger partial charge in [-0.3, -0.25) is 4.79 Å². The molecule has 1 amide bonds. The second-order valence-corrected chi connectivity index (χ2v) is 4.49. The predicted molar refractivity (Wildman–Crippen MR) is 65.7 cm³/mol. The third-order valence-corrected chi connectivity index (χ3v) is 3.15. The molecule has 1 heterocycles. The van der Waals surface area contributed by atoms with Crippen molar-refractivity contribution in [1.29, 1.82) is 0 Å². The van der Waals surface area contributed by atoms with E-state index in [1.165, 1.54) is 0 Å². The maximum Gasteiger partial charge on any atom is 0.220 e. The predicted octanol–water partition coefficient (Wildman–Crippen LogP) is 1.32. The lowest BCUT2D eigenvalue weighted by Crippen LogP contribution is -2.46. The minimum atomic E-state index is 0.0798. The number of rotatable bonds is 3. The molecule has 1 aliphatic heterocycles. The lowest BCUT2D eigenvalue weighted by atomic mass is 10.0. The van der Waals surface area contributed by atoms with Crippen molar-refractivity contribution in [2.75, 3.05) is 6.54 Å². The minimum absolute atomic E-state index is 0.0798. The monoisotopic (exact) mass is 234 g/mol. The van der Waals surface area contributed by atoms with E-state index in [0.717, 1.165) is 12.0 Å². The Labute approximate surface area is 101 Å². The van der Waals surface area contributed by atoms with E-state index in [0.29, 0.717) is 18.7 Å². The number of hydrogen-bond acceptors (Lipinski definition) is 3. The number of para-hydroxylation sites is 1. The summed E-state index contributed by atoms with van der Waals surface area (Å²) >= 11 is 0. The van der Waals surface area contributed by atoms with Crippen molar-refractivity contribution in [2.45, 2.75) is 31.8 Å². The third-order valence-electron chi connectivity index (χ3n) is 3.15. The number of carbonyl (C=O) groups excluding carboxylic acids is 1. The molecule has 1 saturated heterocycles. The van der Waals surface area contributed by atoms with Gasteiger partial charge in [0.1, 0.15) is 5.75 Å². The number of amides is 1. The standard InChI is InChI=1S/C13H18N2O2/c1-9(11-4-2-3-5-12(11)16)15-10-6-7-13(17)14-8-10/h2-5,9-10,15-16H,6-8H2,1H3,(H,14,17). The van der Waals surface area contributed by atoms with Crippen LogP contribution in [0.5, 0.6) is 5.75 Å². The highest BCUT2D eigenvalue weighted by atomic mass is 16.3. The highest BCUT2D eigenvalue weighted by molar-refractivity contribution is 5.76. The number of carbonyl (C=O) groups is 1. The second kappa shape index (κ2) is 5.19. The highest BCUT2D eigenvalue weighted by Gasteiger charge is 2.20. The average Bonchev–Trinajstić information content (AvgIpc) is 2.32. The Bertz CT molecular complexity index is 396. The summed E-state index contributed by atoms with van der Waals surface area (Å²) in [4.78, 5) is 11.0. The van der Waals surface area contributed by atoms with Gasteiger partial charge in [-0.1, -0.05) is 18.2 Å². The van der Waals surface area contributed by atoms with Crippen LogP contribution in [0.4, 0.5) is 0 Å². The van der Waals surface area contributed by atoms with Gasteiger partial charge in [-0.05, 0) is 19.4 Å². The van der Waals surface area contributed by atoms with Gasteiger partial charge in [0.25, 0.3) is 0 Å². The summed E-state index contributed by atoms with van der Waals surface area (Å²) < 4.78 is 0. The quantitative estimate of drug-likeness (QED) is 0.739. The molecule has 4 nitrogen and oxygen atoms in total. The van der Waals surface area contributed by atoms with Crippen LogP contribution >= 0.6 is 0 Å². The topological polar surface area (TPSA) is 61.4 Å². The fraction of sp³-hybridized carbons (Fsp3) is 0.462. The first-order valence-corrected chi connectivity index (χ1v) is 5.97. The molecule has 1 fully saturated rings. The van der Waals surface area contributed by atoms with Gasteiger partial charge in [-0.25, -0.2) is 0 Å². The van der Waals surface area contributed by atoms with E-state index in [4.69, 9.17) is 0 Å². The molecule has 3 N–H and O–H groups in total. The molecule has 2 atom stereocenters. The molecule has 17 heavy (non-hydrogen) atoms. The summed E-state index contributed by atoms with van der Waals surface area (Å²) in [7, 11) is 0. The average molecular weight is 234 g/mol.